The van der Waals surface area contributed by atoms with Gasteiger partial charge in [-0.3, -0.25) is 9.36 Å². The lowest BCUT2D eigenvalue weighted by molar-refractivity contribution is -0.121. The molecular weight excluding hydrogens is 1100 g/mol. The van der Waals surface area contributed by atoms with Gasteiger partial charge in [0, 0.05) is 11.8 Å². The number of hydrogen-bond donors (Lipinski definition) is 0. The van der Waals surface area contributed by atoms with Gasteiger partial charge in [0.05, 0.1) is 40.5 Å². The van der Waals surface area contributed by atoms with E-state index in [2.05, 4.69) is 20.9 Å². The van der Waals surface area contributed by atoms with Crippen molar-refractivity contribution in [2.24, 2.45) is 0 Å². The summed E-state index contributed by atoms with van der Waals surface area (Å²) < 4.78 is 106. The molecule has 22 heteroatoms. The minimum Gasteiger partial charge on any atom is -0.455 e. The molecule has 0 spiro atoms. The van der Waals surface area contributed by atoms with Crippen LogP contribution in [0, 0.1) is 6.92 Å². The summed E-state index contributed by atoms with van der Waals surface area (Å²) in [5, 5.41) is -0.712. The molecule has 1 aromatic heterocycles. The van der Waals surface area contributed by atoms with Crippen LogP contribution in [0.15, 0.2) is 132 Å². The summed E-state index contributed by atoms with van der Waals surface area (Å²) in [6, 6.07) is 32.7. The van der Waals surface area contributed by atoms with Crippen molar-refractivity contribution in [3.63, 3.8) is 0 Å². The number of ether oxygens (including phenoxy) is 9. The first-order chi connectivity index (χ1) is 38.0. The summed E-state index contributed by atoms with van der Waals surface area (Å²) in [6.07, 6.45) is -9.63. The van der Waals surface area contributed by atoms with Crippen LogP contribution in [0.25, 0.3) is 0 Å². The monoisotopic (exact) mass is 1160 g/mol. The van der Waals surface area contributed by atoms with Gasteiger partial charge in [-0.05, 0) is 81.1 Å². The number of esters is 4. The molecule has 79 heavy (non-hydrogen) atoms. The fourth-order valence-corrected chi connectivity index (χ4v) is 9.56. The number of hydrogen-bond acceptors (Lipinski definition) is 15. The average molecular weight is 1160 g/mol. The molecule has 4 saturated heterocycles. The van der Waals surface area contributed by atoms with Gasteiger partial charge in [-0.1, -0.05) is 116 Å². The molecule has 5 aromatic rings. The van der Waals surface area contributed by atoms with Crippen LogP contribution >= 0.6 is 15.9 Å². The van der Waals surface area contributed by atoms with Crippen molar-refractivity contribution in [1.29, 1.82) is 0 Å². The third-order valence-electron chi connectivity index (χ3n) is 13.3. The van der Waals surface area contributed by atoms with Crippen LogP contribution in [0.4, 0.5) is 17.6 Å². The Bertz CT molecular complexity index is 2770. The van der Waals surface area contributed by atoms with Gasteiger partial charge in [0.15, 0.2) is 49.2 Å². The molecule has 16 nitrogen and oxygen atoms in total. The molecule has 5 aliphatic rings. The Kier molecular flexibility index (Phi) is 21.4. The molecule has 4 fully saturated rings. The zero-order valence-corrected chi connectivity index (χ0v) is 45.4. The number of nitrogens with zero attached hydrogens (tertiary/aromatic N) is 2. The second kappa shape index (κ2) is 28.1. The average Bonchev–Trinajstić information content (AvgIpc) is 4.22. The van der Waals surface area contributed by atoms with Crippen molar-refractivity contribution in [3.8, 4) is 6.01 Å². The van der Waals surface area contributed by atoms with Crippen molar-refractivity contribution in [2.45, 2.75) is 157 Å². The predicted octanol–water partition coefficient (Wildman–Crippen LogP) is 9.43. The zero-order valence-electron chi connectivity index (χ0n) is 43.8. The maximum absolute atomic E-state index is 14.8. The largest absolute Gasteiger partial charge is 0.455 e. The molecule has 420 valence electrons. The van der Waals surface area contributed by atoms with E-state index in [0.29, 0.717) is 53.5 Å². The molecule has 0 saturated carbocycles. The second-order valence-corrected chi connectivity index (χ2v) is 19.6. The Morgan fingerprint density at radius 3 is 1.38 bits per heavy atom. The summed E-state index contributed by atoms with van der Waals surface area (Å²) in [4.78, 5) is 63.2. The Balaban J connectivity index is 0.000000155. The number of rotatable bonds is 12. The first kappa shape index (κ1) is 60.2. The molecule has 4 aromatic carbocycles. The quantitative estimate of drug-likeness (QED) is 0.0378. The fraction of sp³-hybridized carbons (Fsp3) is 0.439. The van der Waals surface area contributed by atoms with Gasteiger partial charge in [0.1, 0.15) is 25.1 Å². The van der Waals surface area contributed by atoms with E-state index in [1.54, 1.807) is 135 Å². The van der Waals surface area contributed by atoms with E-state index in [1.807, 2.05) is 20.8 Å². The van der Waals surface area contributed by atoms with E-state index in [-0.39, 0.29) is 17.7 Å². The van der Waals surface area contributed by atoms with Crippen LogP contribution in [0.5, 0.6) is 6.01 Å². The number of alkyl halides is 5. The third-order valence-corrected chi connectivity index (χ3v) is 14.0. The van der Waals surface area contributed by atoms with Gasteiger partial charge in [-0.2, -0.15) is 4.98 Å². The Morgan fingerprint density at radius 2 is 0.937 bits per heavy atom. The lowest BCUT2D eigenvalue weighted by Gasteiger charge is -2.26. The number of benzene rings is 4. The maximum atomic E-state index is 14.8. The second-order valence-electron chi connectivity index (χ2n) is 18.7. The number of carbonyl (C=O) groups excluding carboxylic acids is 4. The first-order valence-corrected chi connectivity index (χ1v) is 26.8. The van der Waals surface area contributed by atoms with Crippen LogP contribution in [-0.2, 0) is 37.9 Å². The normalized spacial score (nSPS) is 29.8. The van der Waals surface area contributed by atoms with Gasteiger partial charge in [0.25, 0.3) is 5.56 Å². The van der Waals surface area contributed by atoms with Gasteiger partial charge >= 0.3 is 29.9 Å². The van der Waals surface area contributed by atoms with Crippen molar-refractivity contribution in [1.82, 2.24) is 9.55 Å². The van der Waals surface area contributed by atoms with E-state index in [4.69, 9.17) is 50.5 Å². The topological polar surface area (TPSA) is 186 Å². The zero-order chi connectivity index (χ0) is 56.9. The maximum Gasteiger partial charge on any atom is 0.340 e. The van der Waals surface area contributed by atoms with Crippen LogP contribution in [0.3, 0.4) is 0 Å². The number of halogens is 5. The molecule has 0 N–H and O–H groups in total. The number of carbonyl (C=O) groups is 4. The van der Waals surface area contributed by atoms with Crippen LogP contribution in [-0.4, -0.2) is 132 Å². The van der Waals surface area contributed by atoms with Crippen molar-refractivity contribution < 1.29 is 79.4 Å². The molecule has 0 aliphatic carbocycles. The standard InChI is InChI=1S/C20H19FO5.C13H14BFO3.C13H14BrFO3.C11H13FN2O3/c1-2-15-17(25-18(22)13-9-5-3-6-10-13)16(21)20(24-15)26-19(23)14-11-7-4-8-12-14;2*1-2-9-11(10(15)12(14)17-9)18-13(16)8-6-4-3-5-7-8;1-3-6-8-7(12)10(16-6)14-4-5(2)9(15)13-11(14)17-8/h3-12,15-17,20H,2H2,1H3;2*3-7,9-12H,2H2,1H3;4,6-8,10H,3H2,1-2H3/t15-,16?,17-,20+;2*9-,10?,11-,12-;6-,7?,8-,10-/m1111/s1. The molecule has 2 bridgehead atoms. The summed E-state index contributed by atoms with van der Waals surface area (Å²) >= 11 is 3.08. The highest BCUT2D eigenvalue weighted by Gasteiger charge is 2.52. The lowest BCUT2D eigenvalue weighted by Crippen LogP contribution is -2.40. The smallest absolute Gasteiger partial charge is 0.340 e. The minimum absolute atomic E-state index is 0.153. The van der Waals surface area contributed by atoms with E-state index in [1.165, 1.54) is 10.8 Å². The molecule has 2 radical (unpaired) electrons. The van der Waals surface area contributed by atoms with E-state index in [9.17, 15) is 41.5 Å². The van der Waals surface area contributed by atoms with Gasteiger partial charge in [-0.25, -0.2) is 36.7 Å². The summed E-state index contributed by atoms with van der Waals surface area (Å²) in [5.74, 6) is -2.41. The number of aromatic nitrogens is 2. The van der Waals surface area contributed by atoms with Gasteiger partial charge in [0.2, 0.25) is 12.5 Å². The highest BCUT2D eigenvalue weighted by molar-refractivity contribution is 9.09. The molecule has 5 aliphatic heterocycles. The molecule has 4 unspecified atom stereocenters. The van der Waals surface area contributed by atoms with E-state index < -0.39 is 115 Å². The Morgan fingerprint density at radius 1 is 0.544 bits per heavy atom. The lowest BCUT2D eigenvalue weighted by atomic mass is 9.94. The first-order valence-electron chi connectivity index (χ1n) is 25.9. The van der Waals surface area contributed by atoms with E-state index in [0.717, 1.165) is 0 Å². The third kappa shape index (κ3) is 14.7. The number of fused-ring (bicyclic) bond motifs is 4. The highest BCUT2D eigenvalue weighted by atomic mass is 79.9. The fourth-order valence-electron chi connectivity index (χ4n) is 8.98. The molecular formula is C57H60BBrF4N2O14. The summed E-state index contributed by atoms with van der Waals surface area (Å²) in [7, 11) is 5.46. The molecule has 10 rings (SSSR count). The van der Waals surface area contributed by atoms with Crippen LogP contribution in [0.1, 0.15) is 107 Å². The summed E-state index contributed by atoms with van der Waals surface area (Å²) in [6.45, 7) is 9.02. The van der Waals surface area contributed by atoms with Crippen molar-refractivity contribution in [2.75, 3.05) is 0 Å². The predicted molar refractivity (Wildman–Crippen MR) is 282 cm³/mol. The van der Waals surface area contributed by atoms with Crippen molar-refractivity contribution >= 4 is 47.7 Å². The Hall–Kier alpha value is -6.46. The van der Waals surface area contributed by atoms with Crippen LogP contribution in [0.2, 0.25) is 0 Å². The van der Waals surface area contributed by atoms with E-state index >= 15 is 0 Å². The minimum atomic E-state index is -1.76. The van der Waals surface area contributed by atoms with Crippen LogP contribution < -0.4 is 10.3 Å². The summed E-state index contributed by atoms with van der Waals surface area (Å²) in [5.41, 5.74) is 1.52. The highest BCUT2D eigenvalue weighted by Crippen LogP contribution is 2.41. The molecule has 16 atom stereocenters. The Labute approximate surface area is 463 Å². The van der Waals surface area contributed by atoms with Crippen molar-refractivity contribution in [3.05, 3.63) is 166 Å². The number of aryl methyl sites for hydroxylation is 1. The molecule has 0 amide bonds. The molecule has 6 heterocycles. The van der Waals surface area contributed by atoms with Gasteiger partial charge in [-0.15, -0.1) is 0 Å². The SMILES string of the molecule is CC[C@H]1O[C@@H](Br)C(F)[C@@H]1OC(=O)c1ccccc1.CC[C@H]1O[C@@H](OC(=O)c2ccccc2)C(F)[C@@H]1OC(=O)c1ccccc1.CC[C@H]1O[C@@H]2C(F)[C@@H]1Oc1nc(=O)c(C)cn12.[B][C@@H]1O[C@H](CC)[C@@H](OC(=O)c2ccccc2)C1F. The van der Waals surface area contributed by atoms with Gasteiger partial charge < -0.3 is 42.6 Å².